The van der Waals surface area contributed by atoms with Gasteiger partial charge < -0.3 is 42.1 Å². The van der Waals surface area contributed by atoms with Gasteiger partial charge in [0.25, 0.3) is 0 Å². The molecule has 0 saturated heterocycles. The fourth-order valence-electron chi connectivity index (χ4n) is 2.34. The van der Waals surface area contributed by atoms with E-state index in [1.165, 1.54) is 31.2 Å². The lowest BCUT2D eigenvalue weighted by Crippen LogP contribution is -2.55. The summed E-state index contributed by atoms with van der Waals surface area (Å²) in [6, 6.07) is 1.86. The first-order chi connectivity index (χ1) is 14.0. The number of phenolic OH excluding ortho intramolecular Hbond substituents is 1. The number of phenols is 1. The molecule has 4 unspecified atom stereocenters. The van der Waals surface area contributed by atoms with Crippen LogP contribution in [-0.4, -0.2) is 81.5 Å². The van der Waals surface area contributed by atoms with Gasteiger partial charge in [-0.05, 0) is 24.6 Å². The van der Waals surface area contributed by atoms with Crippen LogP contribution in [0.1, 0.15) is 12.5 Å². The maximum Gasteiger partial charge on any atom is 0.328 e. The van der Waals surface area contributed by atoms with Gasteiger partial charge in [-0.1, -0.05) is 12.1 Å². The Bertz CT molecular complexity index is 753. The Balaban J connectivity index is 2.80. The monoisotopic (exact) mass is 426 g/mol. The maximum absolute atomic E-state index is 12.5. The van der Waals surface area contributed by atoms with E-state index in [4.69, 9.17) is 15.9 Å². The van der Waals surface area contributed by atoms with E-state index in [9.17, 15) is 29.4 Å². The largest absolute Gasteiger partial charge is 0.508 e. The van der Waals surface area contributed by atoms with Crippen molar-refractivity contribution in [3.63, 3.8) is 0 Å². The van der Waals surface area contributed by atoms with Crippen LogP contribution in [0.5, 0.6) is 5.75 Å². The van der Waals surface area contributed by atoms with Crippen molar-refractivity contribution in [1.82, 2.24) is 16.0 Å². The van der Waals surface area contributed by atoms with Crippen LogP contribution in [0, 0.1) is 0 Å². The smallest absolute Gasteiger partial charge is 0.328 e. The molecule has 1 aromatic carbocycles. The van der Waals surface area contributed by atoms with Gasteiger partial charge in [0.2, 0.25) is 17.7 Å². The van der Waals surface area contributed by atoms with Crippen molar-refractivity contribution >= 4 is 23.7 Å². The Morgan fingerprint density at radius 3 is 2.17 bits per heavy atom. The molecule has 12 nitrogen and oxygen atoms in total. The number of hydrogen-bond acceptors (Lipinski definition) is 8. The number of aliphatic hydroxyl groups is 2. The van der Waals surface area contributed by atoms with Crippen molar-refractivity contribution in [3.8, 4) is 5.75 Å². The van der Waals surface area contributed by atoms with Crippen molar-refractivity contribution in [3.05, 3.63) is 29.8 Å². The van der Waals surface area contributed by atoms with Crippen molar-refractivity contribution in [2.75, 3.05) is 13.2 Å². The number of carbonyl (C=O) groups is 4. The second kappa shape index (κ2) is 11.7. The number of aliphatic carboxylic acids is 1. The molecule has 0 radical (unpaired) electrons. The van der Waals surface area contributed by atoms with Gasteiger partial charge in [-0.25, -0.2) is 4.79 Å². The topological polar surface area (TPSA) is 211 Å². The average molecular weight is 426 g/mol. The average Bonchev–Trinajstić information content (AvgIpc) is 2.69. The molecule has 0 aliphatic heterocycles. The molecule has 166 valence electrons. The second-order valence-electron chi connectivity index (χ2n) is 6.56. The third kappa shape index (κ3) is 8.03. The Kier molecular flexibility index (Phi) is 9.68. The molecule has 30 heavy (non-hydrogen) atoms. The van der Waals surface area contributed by atoms with Crippen LogP contribution in [-0.2, 0) is 25.6 Å². The number of rotatable bonds is 11. The third-order valence-corrected chi connectivity index (χ3v) is 4.03. The van der Waals surface area contributed by atoms with Crippen LogP contribution >= 0.6 is 0 Å². The maximum atomic E-state index is 12.5. The molecule has 3 amide bonds. The highest BCUT2D eigenvalue weighted by Crippen LogP contribution is 2.11. The molecule has 0 heterocycles. The first kappa shape index (κ1) is 24.8. The Hall–Kier alpha value is -3.22. The van der Waals surface area contributed by atoms with Gasteiger partial charge in [0, 0.05) is 6.42 Å². The summed E-state index contributed by atoms with van der Waals surface area (Å²) in [5.74, 6) is -3.85. The first-order valence-corrected chi connectivity index (χ1v) is 8.97. The third-order valence-electron chi connectivity index (χ3n) is 4.03. The van der Waals surface area contributed by atoms with Gasteiger partial charge in [-0.2, -0.15) is 0 Å². The number of carbonyl (C=O) groups excluding carboxylic acids is 3. The molecule has 0 bridgehead atoms. The van der Waals surface area contributed by atoms with Gasteiger partial charge in [0.15, 0.2) is 6.04 Å². The molecule has 1 aromatic rings. The number of carboxylic acids is 1. The predicted octanol–water partition coefficient (Wildman–Crippen LogP) is -3.19. The minimum Gasteiger partial charge on any atom is -0.508 e. The van der Waals surface area contributed by atoms with Gasteiger partial charge >= 0.3 is 5.97 Å². The number of amides is 3. The molecule has 0 aliphatic carbocycles. The van der Waals surface area contributed by atoms with E-state index in [1.54, 1.807) is 0 Å². The molecular weight excluding hydrogens is 400 g/mol. The normalized spacial score (nSPS) is 14.7. The second-order valence-corrected chi connectivity index (χ2v) is 6.56. The zero-order valence-electron chi connectivity index (χ0n) is 16.2. The lowest BCUT2D eigenvalue weighted by Gasteiger charge is -2.21. The van der Waals surface area contributed by atoms with E-state index in [2.05, 4.69) is 16.0 Å². The van der Waals surface area contributed by atoms with Crippen LogP contribution in [0.4, 0.5) is 0 Å². The van der Waals surface area contributed by atoms with Crippen LogP contribution in [0.15, 0.2) is 24.3 Å². The summed E-state index contributed by atoms with van der Waals surface area (Å²) in [4.78, 5) is 47.4. The van der Waals surface area contributed by atoms with E-state index in [0.717, 1.165) is 0 Å². The van der Waals surface area contributed by atoms with Crippen molar-refractivity contribution in [1.29, 1.82) is 0 Å². The van der Waals surface area contributed by atoms with E-state index in [1.807, 2.05) is 0 Å². The molecular formula is C18H26N4O8. The van der Waals surface area contributed by atoms with Gasteiger partial charge in [0.1, 0.15) is 17.8 Å². The Morgan fingerprint density at radius 1 is 1.07 bits per heavy atom. The van der Waals surface area contributed by atoms with Crippen molar-refractivity contribution in [2.45, 2.75) is 37.6 Å². The molecule has 4 atom stereocenters. The molecule has 0 fully saturated rings. The van der Waals surface area contributed by atoms with Crippen LogP contribution in [0.25, 0.3) is 0 Å². The fraction of sp³-hybridized carbons (Fsp3) is 0.444. The minimum absolute atomic E-state index is 0.00820. The number of carboxylic acid groups (broad SMARTS) is 1. The first-order valence-electron chi connectivity index (χ1n) is 8.97. The molecule has 0 saturated carbocycles. The summed E-state index contributed by atoms with van der Waals surface area (Å²) in [6.07, 6.45) is -1.37. The molecule has 9 N–H and O–H groups in total. The lowest BCUT2D eigenvalue weighted by atomic mass is 10.0. The van der Waals surface area contributed by atoms with E-state index < -0.39 is 61.1 Å². The zero-order valence-corrected chi connectivity index (χ0v) is 16.2. The standard InChI is InChI=1S/C18H26N4O8/c1-9(24)15(18(29)30)22-14(26)7-20-17(28)13(21-16(27)12(19)8-23)6-10-2-4-11(25)5-3-10/h2-5,9,12-13,15,23-25H,6-8,19H2,1H3,(H,20,28)(H,21,27)(H,22,26)(H,29,30). The van der Waals surface area contributed by atoms with E-state index >= 15 is 0 Å². The highest BCUT2D eigenvalue weighted by atomic mass is 16.4. The number of hydrogen-bond donors (Lipinski definition) is 8. The highest BCUT2D eigenvalue weighted by molar-refractivity contribution is 5.92. The summed E-state index contributed by atoms with van der Waals surface area (Å²) < 4.78 is 0. The zero-order chi connectivity index (χ0) is 22.8. The lowest BCUT2D eigenvalue weighted by molar-refractivity contribution is -0.144. The SMILES string of the molecule is CC(O)C(NC(=O)CNC(=O)C(Cc1ccc(O)cc1)NC(=O)C(N)CO)C(=O)O. The summed E-state index contributed by atoms with van der Waals surface area (Å²) >= 11 is 0. The Labute approximate surface area is 172 Å². The summed E-state index contributed by atoms with van der Waals surface area (Å²) in [5.41, 5.74) is 6.02. The molecule has 0 aliphatic rings. The highest BCUT2D eigenvalue weighted by Gasteiger charge is 2.27. The number of nitrogens with two attached hydrogens (primary N) is 1. The van der Waals surface area contributed by atoms with Crippen LogP contribution < -0.4 is 21.7 Å². The summed E-state index contributed by atoms with van der Waals surface area (Å²) in [6.45, 7) is -0.0632. The summed E-state index contributed by atoms with van der Waals surface area (Å²) in [7, 11) is 0. The van der Waals surface area contributed by atoms with Crippen molar-refractivity contribution < 1.29 is 39.6 Å². The number of nitrogens with one attached hydrogen (secondary N) is 3. The van der Waals surface area contributed by atoms with Gasteiger partial charge in [-0.3, -0.25) is 14.4 Å². The number of aliphatic hydroxyl groups excluding tert-OH is 2. The molecule has 12 heteroatoms. The molecule has 0 aromatic heterocycles. The van der Waals surface area contributed by atoms with Crippen molar-refractivity contribution in [2.24, 2.45) is 5.73 Å². The van der Waals surface area contributed by atoms with Crippen LogP contribution in [0.2, 0.25) is 0 Å². The molecule has 0 spiro atoms. The molecule has 1 rings (SSSR count). The fourth-order valence-corrected chi connectivity index (χ4v) is 2.34. The minimum atomic E-state index is -1.55. The Morgan fingerprint density at radius 2 is 1.67 bits per heavy atom. The van der Waals surface area contributed by atoms with Gasteiger partial charge in [0.05, 0.1) is 19.3 Å². The number of aromatic hydroxyl groups is 1. The van der Waals surface area contributed by atoms with Gasteiger partial charge in [-0.15, -0.1) is 0 Å². The van der Waals surface area contributed by atoms with Crippen LogP contribution in [0.3, 0.4) is 0 Å². The predicted molar refractivity (Wildman–Crippen MR) is 103 cm³/mol. The summed E-state index contributed by atoms with van der Waals surface area (Å²) in [5, 5.41) is 43.4. The quantitative estimate of drug-likeness (QED) is 0.179. The van der Waals surface area contributed by atoms with E-state index in [-0.39, 0.29) is 12.2 Å². The number of benzene rings is 1. The van der Waals surface area contributed by atoms with E-state index in [0.29, 0.717) is 5.56 Å².